The van der Waals surface area contributed by atoms with E-state index < -0.39 is 0 Å². The number of pyridine rings is 1. The van der Waals surface area contributed by atoms with Gasteiger partial charge in [-0.3, -0.25) is 4.98 Å². The van der Waals surface area contributed by atoms with Gasteiger partial charge in [0.25, 0.3) is 0 Å². The van der Waals surface area contributed by atoms with E-state index in [4.69, 9.17) is 9.47 Å². The summed E-state index contributed by atoms with van der Waals surface area (Å²) in [6.45, 7) is 2.83. The average Bonchev–Trinajstić information content (AvgIpc) is 3.17. The van der Waals surface area contributed by atoms with E-state index in [-0.39, 0.29) is 0 Å². The highest BCUT2D eigenvalue weighted by molar-refractivity contribution is 5.30. The van der Waals surface area contributed by atoms with Gasteiger partial charge in [-0.25, -0.2) is 0 Å². The summed E-state index contributed by atoms with van der Waals surface area (Å²) < 4.78 is 11.1. The Morgan fingerprint density at radius 1 is 1.38 bits per heavy atom. The van der Waals surface area contributed by atoms with Gasteiger partial charge in [0, 0.05) is 26.0 Å². The summed E-state index contributed by atoms with van der Waals surface area (Å²) >= 11 is 0. The Morgan fingerprint density at radius 2 is 2.29 bits per heavy atom. The number of nitrogens with zero attached hydrogens (tertiary/aromatic N) is 2. The smallest absolute Gasteiger partial charge is 0.137 e. The van der Waals surface area contributed by atoms with Crippen LogP contribution >= 0.6 is 0 Å². The first-order chi connectivity index (χ1) is 10.3. The number of likely N-dealkylation sites (tertiary alicyclic amines) is 1. The predicted molar refractivity (Wildman–Crippen MR) is 82.7 cm³/mol. The fourth-order valence-corrected chi connectivity index (χ4v) is 3.34. The maximum atomic E-state index is 5.97. The van der Waals surface area contributed by atoms with Crippen molar-refractivity contribution < 1.29 is 9.47 Å². The third kappa shape index (κ3) is 3.74. The molecule has 0 spiro atoms. The van der Waals surface area contributed by atoms with Gasteiger partial charge in [-0.05, 0) is 62.7 Å². The van der Waals surface area contributed by atoms with E-state index >= 15 is 0 Å². The third-order valence-electron chi connectivity index (χ3n) is 4.89. The Kier molecular flexibility index (Phi) is 4.76. The number of rotatable bonds is 7. The van der Waals surface area contributed by atoms with Gasteiger partial charge in [0.1, 0.15) is 12.4 Å². The average molecular weight is 290 g/mol. The fourth-order valence-electron chi connectivity index (χ4n) is 3.34. The molecule has 0 unspecified atom stereocenters. The minimum absolute atomic E-state index is 0.559. The number of hydrogen-bond donors (Lipinski definition) is 0. The summed E-state index contributed by atoms with van der Waals surface area (Å²) in [6.07, 6.45) is 8.77. The summed E-state index contributed by atoms with van der Waals surface area (Å²) in [5.41, 5.74) is 1.33. The predicted octanol–water partition coefficient (Wildman–Crippen LogP) is 2.69. The topological polar surface area (TPSA) is 34.6 Å². The lowest BCUT2D eigenvalue weighted by atomic mass is 10.1. The molecule has 0 amide bonds. The molecule has 4 nitrogen and oxygen atoms in total. The molecule has 1 aromatic rings. The molecule has 0 bridgehead atoms. The molecular weight excluding hydrogens is 264 g/mol. The molecule has 0 aromatic carbocycles. The molecule has 2 aliphatic rings. The van der Waals surface area contributed by atoms with Crippen LogP contribution in [0, 0.1) is 5.92 Å². The highest BCUT2D eigenvalue weighted by Crippen LogP contribution is 2.49. The first-order valence-electron chi connectivity index (χ1n) is 8.05. The standard InChI is InChI=1S/C17H26N2O2/c1-19-6-3-4-15(19)12-21-16-8-14(10-18-11-16)17-9-13(17)5-7-20-2/h8,10-11,13,15,17H,3-7,9,12H2,1-2H3/t13-,15+,17-/m0/s1. The van der Waals surface area contributed by atoms with Crippen molar-refractivity contribution in [2.75, 3.05) is 33.9 Å². The normalized spacial score (nSPS) is 28.8. The molecule has 1 saturated heterocycles. The molecule has 21 heavy (non-hydrogen) atoms. The summed E-state index contributed by atoms with van der Waals surface area (Å²) in [4.78, 5) is 6.74. The summed E-state index contributed by atoms with van der Waals surface area (Å²) in [5.74, 6) is 2.35. The Labute approximate surface area is 127 Å². The van der Waals surface area contributed by atoms with Crippen LogP contribution in [0.5, 0.6) is 5.75 Å². The Morgan fingerprint density at radius 3 is 3.05 bits per heavy atom. The first-order valence-corrected chi connectivity index (χ1v) is 8.05. The third-order valence-corrected chi connectivity index (χ3v) is 4.89. The molecule has 1 aliphatic heterocycles. The number of ether oxygens (including phenoxy) is 2. The molecule has 116 valence electrons. The molecule has 1 aromatic heterocycles. The SMILES string of the molecule is COCC[C@H]1C[C@@H]1c1cncc(OC[C@H]2CCCN2C)c1. The van der Waals surface area contributed by atoms with Crippen LogP contribution in [-0.4, -0.2) is 49.8 Å². The number of hydrogen-bond acceptors (Lipinski definition) is 4. The maximum absolute atomic E-state index is 5.97. The van der Waals surface area contributed by atoms with Crippen LogP contribution in [-0.2, 0) is 4.74 Å². The van der Waals surface area contributed by atoms with Crippen molar-refractivity contribution in [3.8, 4) is 5.75 Å². The van der Waals surface area contributed by atoms with Crippen LogP contribution in [0.2, 0.25) is 0 Å². The first kappa shape index (κ1) is 14.8. The van der Waals surface area contributed by atoms with Crippen molar-refractivity contribution in [2.24, 2.45) is 5.92 Å². The van der Waals surface area contributed by atoms with E-state index in [2.05, 4.69) is 23.0 Å². The van der Waals surface area contributed by atoms with Crippen LogP contribution in [0.25, 0.3) is 0 Å². The monoisotopic (exact) mass is 290 g/mol. The minimum Gasteiger partial charge on any atom is -0.490 e. The molecule has 2 heterocycles. The van der Waals surface area contributed by atoms with Crippen molar-refractivity contribution >= 4 is 0 Å². The van der Waals surface area contributed by atoms with Crippen LogP contribution in [0.1, 0.15) is 37.2 Å². The summed E-state index contributed by atoms with van der Waals surface area (Å²) in [6, 6.07) is 2.74. The molecule has 1 aliphatic carbocycles. The lowest BCUT2D eigenvalue weighted by molar-refractivity contribution is 0.189. The van der Waals surface area contributed by atoms with E-state index in [0.29, 0.717) is 12.0 Å². The van der Waals surface area contributed by atoms with Gasteiger partial charge in [0.15, 0.2) is 0 Å². The number of aromatic nitrogens is 1. The fraction of sp³-hybridized carbons (Fsp3) is 0.706. The van der Waals surface area contributed by atoms with Crippen molar-refractivity contribution in [1.29, 1.82) is 0 Å². The van der Waals surface area contributed by atoms with Gasteiger partial charge in [-0.15, -0.1) is 0 Å². The number of methoxy groups -OCH3 is 1. The second-order valence-corrected chi connectivity index (χ2v) is 6.43. The zero-order valence-corrected chi connectivity index (χ0v) is 13.1. The van der Waals surface area contributed by atoms with E-state index in [1.807, 2.05) is 12.4 Å². The van der Waals surface area contributed by atoms with E-state index in [0.717, 1.165) is 31.3 Å². The van der Waals surface area contributed by atoms with Gasteiger partial charge in [0.2, 0.25) is 0 Å². The second-order valence-electron chi connectivity index (χ2n) is 6.43. The molecule has 3 rings (SSSR count). The van der Waals surface area contributed by atoms with Gasteiger partial charge in [-0.2, -0.15) is 0 Å². The van der Waals surface area contributed by atoms with Gasteiger partial charge in [0.05, 0.1) is 6.20 Å². The molecule has 0 radical (unpaired) electrons. The van der Waals surface area contributed by atoms with Crippen LogP contribution in [0.3, 0.4) is 0 Å². The molecule has 2 fully saturated rings. The zero-order valence-electron chi connectivity index (χ0n) is 13.1. The van der Waals surface area contributed by atoms with Gasteiger partial charge in [-0.1, -0.05) is 0 Å². The van der Waals surface area contributed by atoms with Gasteiger partial charge < -0.3 is 14.4 Å². The van der Waals surface area contributed by atoms with Gasteiger partial charge >= 0.3 is 0 Å². The van der Waals surface area contributed by atoms with Crippen molar-refractivity contribution in [3.05, 3.63) is 24.0 Å². The lowest BCUT2D eigenvalue weighted by Crippen LogP contribution is -2.30. The zero-order chi connectivity index (χ0) is 14.7. The van der Waals surface area contributed by atoms with E-state index in [9.17, 15) is 0 Å². The maximum Gasteiger partial charge on any atom is 0.137 e. The molecule has 1 saturated carbocycles. The van der Waals surface area contributed by atoms with Crippen LogP contribution < -0.4 is 4.74 Å². The molecule has 4 heteroatoms. The quantitative estimate of drug-likeness (QED) is 0.773. The van der Waals surface area contributed by atoms with E-state index in [1.165, 1.54) is 31.4 Å². The Hall–Kier alpha value is -1.13. The van der Waals surface area contributed by atoms with Crippen molar-refractivity contribution in [2.45, 2.75) is 37.6 Å². The van der Waals surface area contributed by atoms with Crippen LogP contribution in [0.4, 0.5) is 0 Å². The minimum atomic E-state index is 0.559. The molecule has 3 atom stereocenters. The number of likely N-dealkylation sites (N-methyl/N-ethyl adjacent to an activating group) is 1. The summed E-state index contributed by atoms with van der Waals surface area (Å²) in [7, 11) is 3.95. The van der Waals surface area contributed by atoms with E-state index in [1.54, 1.807) is 7.11 Å². The van der Waals surface area contributed by atoms with Crippen molar-refractivity contribution in [3.63, 3.8) is 0 Å². The summed E-state index contributed by atoms with van der Waals surface area (Å²) in [5, 5.41) is 0. The Bertz CT molecular complexity index is 466. The second kappa shape index (κ2) is 6.75. The molecule has 0 N–H and O–H groups in total. The highest BCUT2D eigenvalue weighted by Gasteiger charge is 2.38. The lowest BCUT2D eigenvalue weighted by Gasteiger charge is -2.19. The Balaban J connectivity index is 1.52. The van der Waals surface area contributed by atoms with Crippen LogP contribution in [0.15, 0.2) is 18.5 Å². The largest absolute Gasteiger partial charge is 0.490 e. The highest BCUT2D eigenvalue weighted by atomic mass is 16.5. The molecular formula is C17H26N2O2. The van der Waals surface area contributed by atoms with Crippen molar-refractivity contribution in [1.82, 2.24) is 9.88 Å².